The first-order chi connectivity index (χ1) is 11.3. The number of hydrogen-bond donors (Lipinski definition) is 1. The molecule has 23 heavy (non-hydrogen) atoms. The zero-order chi connectivity index (χ0) is 16.1. The Bertz CT molecular complexity index is 699. The van der Waals surface area contributed by atoms with Gasteiger partial charge in [-0.05, 0) is 17.5 Å². The van der Waals surface area contributed by atoms with Crippen LogP contribution in [-0.2, 0) is 0 Å². The molecule has 3 aromatic carbocycles. The molecule has 0 radical (unpaired) electrons. The molecule has 0 unspecified atom stereocenters. The zero-order valence-electron chi connectivity index (χ0n) is 13.6. The highest BCUT2D eigenvalue weighted by molar-refractivity contribution is 7.74. The maximum atomic E-state index is 3.83. The van der Waals surface area contributed by atoms with Crippen molar-refractivity contribution in [2.45, 2.75) is 19.8 Å². The van der Waals surface area contributed by atoms with E-state index in [2.05, 4.69) is 104 Å². The molecular weight excluding hydrogens is 297 g/mol. The number of hydrogen-bond acceptors (Lipinski definition) is 1. The Balaban J connectivity index is 2.01. The molecule has 0 fully saturated rings. The maximum absolute atomic E-state index is 3.83. The second kappa shape index (κ2) is 7.44. The Hall–Kier alpha value is -2.11. The van der Waals surface area contributed by atoms with Gasteiger partial charge in [0.25, 0.3) is 0 Å². The highest BCUT2D eigenvalue weighted by atomic mass is 31.1. The van der Waals surface area contributed by atoms with Crippen molar-refractivity contribution in [3.8, 4) is 0 Å². The molecule has 3 rings (SSSR count). The van der Waals surface area contributed by atoms with E-state index in [1.807, 2.05) is 0 Å². The summed E-state index contributed by atoms with van der Waals surface area (Å²) < 4.78 is 0. The van der Waals surface area contributed by atoms with E-state index >= 15 is 0 Å². The summed E-state index contributed by atoms with van der Waals surface area (Å²) >= 11 is 0. The van der Waals surface area contributed by atoms with Crippen LogP contribution in [0.2, 0.25) is 0 Å². The lowest BCUT2D eigenvalue weighted by Gasteiger charge is -2.23. The third kappa shape index (κ3) is 3.81. The zero-order valence-corrected chi connectivity index (χ0v) is 14.5. The van der Waals surface area contributed by atoms with Crippen LogP contribution in [0.5, 0.6) is 0 Å². The summed E-state index contributed by atoms with van der Waals surface area (Å²) in [5.41, 5.74) is 2.60. The largest absolute Gasteiger partial charge is 0.357 e. The molecule has 0 amide bonds. The van der Waals surface area contributed by atoms with Gasteiger partial charge in [-0.15, -0.1) is 0 Å². The minimum absolute atomic E-state index is 0.502. The van der Waals surface area contributed by atoms with Gasteiger partial charge < -0.3 is 5.09 Å². The molecule has 0 aliphatic rings. The highest BCUT2D eigenvalue weighted by Gasteiger charge is 2.16. The van der Waals surface area contributed by atoms with Crippen LogP contribution >= 0.6 is 8.07 Å². The van der Waals surface area contributed by atoms with Gasteiger partial charge in [-0.1, -0.05) is 92.7 Å². The monoisotopic (exact) mass is 319 g/mol. The first-order valence-electron chi connectivity index (χ1n) is 8.01. The van der Waals surface area contributed by atoms with E-state index in [9.17, 15) is 0 Å². The Labute approximate surface area is 140 Å². The molecule has 1 nitrogen and oxygen atoms in total. The number of nitrogens with one attached hydrogen (secondary N) is 1. The molecule has 2 heteroatoms. The van der Waals surface area contributed by atoms with E-state index in [0.29, 0.717) is 5.92 Å². The third-order valence-corrected chi connectivity index (χ3v) is 5.94. The molecule has 0 saturated carbocycles. The lowest BCUT2D eigenvalue weighted by atomic mass is 10.0. The Morgan fingerprint density at radius 3 is 1.65 bits per heavy atom. The molecule has 0 aromatic heterocycles. The minimum atomic E-state index is -0.618. The number of para-hydroxylation sites is 1. The van der Waals surface area contributed by atoms with Crippen molar-refractivity contribution in [1.82, 2.24) is 0 Å². The van der Waals surface area contributed by atoms with Crippen LogP contribution in [0.25, 0.3) is 0 Å². The van der Waals surface area contributed by atoms with Gasteiger partial charge in [0.1, 0.15) is 0 Å². The number of anilines is 1. The fourth-order valence-electron chi connectivity index (χ4n) is 2.66. The molecule has 0 saturated heterocycles. The average molecular weight is 319 g/mol. The Morgan fingerprint density at radius 1 is 0.652 bits per heavy atom. The topological polar surface area (TPSA) is 12.0 Å². The summed E-state index contributed by atoms with van der Waals surface area (Å²) in [5.74, 6) is 0.502. The van der Waals surface area contributed by atoms with Gasteiger partial charge >= 0.3 is 0 Å². The molecule has 0 heterocycles. The second-order valence-electron chi connectivity index (χ2n) is 5.86. The maximum Gasteiger partial charge on any atom is 0.0522 e. The van der Waals surface area contributed by atoms with E-state index in [1.165, 1.54) is 21.9 Å². The van der Waals surface area contributed by atoms with Gasteiger partial charge in [0.05, 0.1) is 8.07 Å². The summed E-state index contributed by atoms with van der Waals surface area (Å²) in [7, 11) is -0.618. The quantitative estimate of drug-likeness (QED) is 0.632. The van der Waals surface area contributed by atoms with Crippen LogP contribution in [0.4, 0.5) is 5.69 Å². The van der Waals surface area contributed by atoms with Crippen molar-refractivity contribution < 1.29 is 0 Å². The molecule has 0 aliphatic heterocycles. The summed E-state index contributed by atoms with van der Waals surface area (Å²) in [6.07, 6.45) is 0. The van der Waals surface area contributed by atoms with Crippen molar-refractivity contribution in [2.24, 2.45) is 0 Å². The molecule has 1 N–H and O–H groups in total. The van der Waals surface area contributed by atoms with Crippen molar-refractivity contribution in [1.29, 1.82) is 0 Å². The molecule has 3 aromatic rings. The van der Waals surface area contributed by atoms with Gasteiger partial charge in [0.2, 0.25) is 0 Å². The predicted octanol–water partition coefficient (Wildman–Crippen LogP) is 5.27. The van der Waals surface area contributed by atoms with Crippen molar-refractivity contribution in [3.63, 3.8) is 0 Å². The Kier molecular flexibility index (Phi) is 5.10. The van der Waals surface area contributed by atoms with Crippen LogP contribution < -0.4 is 15.7 Å². The van der Waals surface area contributed by atoms with Gasteiger partial charge in [-0.2, -0.15) is 0 Å². The van der Waals surface area contributed by atoms with Crippen molar-refractivity contribution >= 4 is 24.4 Å². The summed E-state index contributed by atoms with van der Waals surface area (Å²) in [6.45, 7) is 4.49. The minimum Gasteiger partial charge on any atom is -0.357 e. The first-order valence-corrected chi connectivity index (χ1v) is 9.35. The molecule has 0 bridgehead atoms. The van der Waals surface area contributed by atoms with Gasteiger partial charge in [0, 0.05) is 16.3 Å². The SMILES string of the molecule is CC(C)c1ccccc1NP(c1ccccc1)c1ccccc1. The van der Waals surface area contributed by atoms with Crippen LogP contribution in [0.1, 0.15) is 25.3 Å². The van der Waals surface area contributed by atoms with Crippen LogP contribution in [0.15, 0.2) is 84.9 Å². The van der Waals surface area contributed by atoms with E-state index < -0.39 is 8.07 Å². The van der Waals surface area contributed by atoms with Crippen molar-refractivity contribution in [2.75, 3.05) is 5.09 Å². The lowest BCUT2D eigenvalue weighted by molar-refractivity contribution is 0.870. The lowest BCUT2D eigenvalue weighted by Crippen LogP contribution is -2.17. The molecule has 0 spiro atoms. The fraction of sp³-hybridized carbons (Fsp3) is 0.143. The number of rotatable bonds is 5. The fourth-order valence-corrected chi connectivity index (χ4v) is 4.60. The molecule has 0 aliphatic carbocycles. The van der Waals surface area contributed by atoms with E-state index in [0.717, 1.165) is 0 Å². The van der Waals surface area contributed by atoms with E-state index in [1.54, 1.807) is 0 Å². The van der Waals surface area contributed by atoms with Gasteiger partial charge in [-0.3, -0.25) is 0 Å². The van der Waals surface area contributed by atoms with Crippen LogP contribution in [0.3, 0.4) is 0 Å². The van der Waals surface area contributed by atoms with Gasteiger partial charge in [-0.25, -0.2) is 0 Å². The standard InChI is InChI=1S/C21H22NP/c1-17(2)20-15-9-10-16-21(20)22-23(18-11-5-3-6-12-18)19-13-7-4-8-14-19/h3-17,22H,1-2H3. The summed E-state index contributed by atoms with van der Waals surface area (Å²) in [6, 6.07) is 30.1. The van der Waals surface area contributed by atoms with Gasteiger partial charge in [0.15, 0.2) is 0 Å². The number of benzene rings is 3. The highest BCUT2D eigenvalue weighted by Crippen LogP contribution is 2.37. The van der Waals surface area contributed by atoms with Crippen LogP contribution in [0, 0.1) is 0 Å². The van der Waals surface area contributed by atoms with E-state index in [4.69, 9.17) is 0 Å². The summed E-state index contributed by atoms with van der Waals surface area (Å²) in [4.78, 5) is 0. The second-order valence-corrected chi connectivity index (χ2v) is 7.79. The van der Waals surface area contributed by atoms with E-state index in [-0.39, 0.29) is 0 Å². The normalized spacial score (nSPS) is 11.0. The third-order valence-electron chi connectivity index (χ3n) is 3.84. The average Bonchev–Trinajstić information content (AvgIpc) is 2.61. The molecular formula is C21H22NP. The molecule has 0 atom stereocenters. The van der Waals surface area contributed by atoms with Crippen molar-refractivity contribution in [3.05, 3.63) is 90.5 Å². The first kappa shape index (κ1) is 15.8. The summed E-state index contributed by atoms with van der Waals surface area (Å²) in [5, 5.41) is 6.51. The predicted molar refractivity (Wildman–Crippen MR) is 103 cm³/mol. The Morgan fingerprint density at radius 2 is 1.13 bits per heavy atom. The molecule has 116 valence electrons. The smallest absolute Gasteiger partial charge is 0.0522 e. The van der Waals surface area contributed by atoms with Crippen LogP contribution in [-0.4, -0.2) is 0 Å².